The van der Waals surface area contributed by atoms with Crippen molar-refractivity contribution >= 4 is 23.3 Å². The van der Waals surface area contributed by atoms with Gasteiger partial charge in [-0.3, -0.25) is 14.9 Å². The fraction of sp³-hybridized carbons (Fsp3) is 0.222. The van der Waals surface area contributed by atoms with E-state index in [1.165, 1.54) is 31.2 Å². The van der Waals surface area contributed by atoms with Crippen molar-refractivity contribution in [1.82, 2.24) is 0 Å². The van der Waals surface area contributed by atoms with Crippen LogP contribution in [-0.2, 0) is 20.9 Å². The van der Waals surface area contributed by atoms with E-state index in [9.17, 15) is 19.7 Å². The van der Waals surface area contributed by atoms with Gasteiger partial charge in [0.1, 0.15) is 0 Å². The van der Waals surface area contributed by atoms with Crippen LogP contribution in [0.4, 0.5) is 11.4 Å². The minimum Gasteiger partial charge on any atom is -0.449 e. The second-order valence-corrected chi connectivity index (χ2v) is 5.47. The number of hydrogen-bond donors (Lipinski definition) is 1. The molecule has 0 fully saturated rings. The molecule has 0 aliphatic heterocycles. The lowest BCUT2D eigenvalue weighted by Crippen LogP contribution is -2.30. The number of amides is 1. The number of carbonyl (C=O) groups excluding carboxylic acids is 2. The molecule has 0 heterocycles. The molecule has 0 saturated carbocycles. The molecule has 136 valence electrons. The number of nitrogens with zero attached hydrogens (tertiary/aromatic N) is 1. The summed E-state index contributed by atoms with van der Waals surface area (Å²) in [5.74, 6) is -1.16. The molecule has 1 amide bonds. The van der Waals surface area contributed by atoms with E-state index in [0.29, 0.717) is 17.9 Å². The second-order valence-electron chi connectivity index (χ2n) is 5.47. The van der Waals surface area contributed by atoms with E-state index in [2.05, 4.69) is 5.32 Å². The zero-order valence-electron chi connectivity index (χ0n) is 14.3. The Morgan fingerprint density at radius 2 is 1.73 bits per heavy atom. The lowest BCUT2D eigenvalue weighted by atomic mass is 10.1. The van der Waals surface area contributed by atoms with Crippen molar-refractivity contribution in [3.05, 3.63) is 69.8 Å². The number of nitrogens with one attached hydrogen (secondary N) is 1. The number of rotatable bonds is 7. The van der Waals surface area contributed by atoms with Gasteiger partial charge in [0.2, 0.25) is 0 Å². The van der Waals surface area contributed by atoms with E-state index in [1.807, 2.05) is 0 Å². The van der Waals surface area contributed by atoms with Gasteiger partial charge in [0.15, 0.2) is 6.10 Å². The largest absolute Gasteiger partial charge is 0.449 e. The Bertz CT molecular complexity index is 786. The molecule has 26 heavy (non-hydrogen) atoms. The summed E-state index contributed by atoms with van der Waals surface area (Å²) >= 11 is 0. The Morgan fingerprint density at radius 3 is 2.27 bits per heavy atom. The zero-order valence-corrected chi connectivity index (χ0v) is 14.3. The van der Waals surface area contributed by atoms with E-state index in [-0.39, 0.29) is 5.69 Å². The molecule has 0 saturated heterocycles. The predicted molar refractivity (Wildman–Crippen MR) is 93.8 cm³/mol. The number of esters is 1. The number of nitro groups is 1. The zero-order chi connectivity index (χ0) is 19.1. The first-order valence-electron chi connectivity index (χ1n) is 7.75. The van der Waals surface area contributed by atoms with Crippen LogP contribution in [0.5, 0.6) is 0 Å². The SMILES string of the molecule is COCc1ccc(C(=O)OC(C)C(=O)Nc2ccc([N+](=O)[O-])cc2)cc1. The van der Waals surface area contributed by atoms with Gasteiger partial charge in [-0.2, -0.15) is 0 Å². The number of methoxy groups -OCH3 is 1. The number of nitro benzene ring substituents is 1. The summed E-state index contributed by atoms with van der Waals surface area (Å²) in [6, 6.07) is 12.0. The summed E-state index contributed by atoms with van der Waals surface area (Å²) in [6.07, 6.45) is -1.03. The average Bonchev–Trinajstić information content (AvgIpc) is 2.63. The Morgan fingerprint density at radius 1 is 1.12 bits per heavy atom. The Balaban J connectivity index is 1.93. The number of benzene rings is 2. The molecule has 1 N–H and O–H groups in total. The lowest BCUT2D eigenvalue weighted by Gasteiger charge is -2.13. The Kier molecular flexibility index (Phi) is 6.40. The molecule has 1 unspecified atom stereocenters. The van der Waals surface area contributed by atoms with Crippen LogP contribution in [0.15, 0.2) is 48.5 Å². The van der Waals surface area contributed by atoms with Crippen LogP contribution in [0.1, 0.15) is 22.8 Å². The lowest BCUT2D eigenvalue weighted by molar-refractivity contribution is -0.384. The highest BCUT2D eigenvalue weighted by Gasteiger charge is 2.19. The quantitative estimate of drug-likeness (QED) is 0.463. The highest BCUT2D eigenvalue weighted by atomic mass is 16.6. The second kappa shape index (κ2) is 8.72. The summed E-state index contributed by atoms with van der Waals surface area (Å²) in [4.78, 5) is 34.3. The van der Waals surface area contributed by atoms with Crippen LogP contribution in [0.2, 0.25) is 0 Å². The summed E-state index contributed by atoms with van der Waals surface area (Å²) < 4.78 is 10.1. The molecule has 0 radical (unpaired) electrons. The molecule has 2 rings (SSSR count). The van der Waals surface area contributed by atoms with Crippen molar-refractivity contribution in [2.75, 3.05) is 12.4 Å². The first-order valence-corrected chi connectivity index (χ1v) is 7.75. The van der Waals surface area contributed by atoms with Crippen molar-refractivity contribution in [3.8, 4) is 0 Å². The van der Waals surface area contributed by atoms with Crippen LogP contribution in [0.3, 0.4) is 0 Å². The number of anilines is 1. The highest BCUT2D eigenvalue weighted by Crippen LogP contribution is 2.16. The molecule has 0 aliphatic carbocycles. The normalized spacial score (nSPS) is 11.5. The molecule has 0 bridgehead atoms. The van der Waals surface area contributed by atoms with Crippen molar-refractivity contribution in [2.45, 2.75) is 19.6 Å². The number of non-ortho nitro benzene ring substituents is 1. The van der Waals surface area contributed by atoms with Gasteiger partial charge in [-0.05, 0) is 36.8 Å². The maximum absolute atomic E-state index is 12.1. The van der Waals surface area contributed by atoms with Gasteiger partial charge < -0.3 is 14.8 Å². The van der Waals surface area contributed by atoms with Crippen molar-refractivity contribution in [3.63, 3.8) is 0 Å². The van der Waals surface area contributed by atoms with Gasteiger partial charge in [0.05, 0.1) is 17.1 Å². The smallest absolute Gasteiger partial charge is 0.338 e. The number of hydrogen-bond acceptors (Lipinski definition) is 6. The molecular formula is C18H18N2O6. The van der Waals surface area contributed by atoms with Gasteiger partial charge in [-0.15, -0.1) is 0 Å². The van der Waals surface area contributed by atoms with Gasteiger partial charge in [0, 0.05) is 24.9 Å². The molecular weight excluding hydrogens is 340 g/mol. The molecule has 1 atom stereocenters. The van der Waals surface area contributed by atoms with Crippen molar-refractivity contribution < 1.29 is 24.0 Å². The highest BCUT2D eigenvalue weighted by molar-refractivity contribution is 5.97. The minimum absolute atomic E-state index is 0.0839. The van der Waals surface area contributed by atoms with Gasteiger partial charge in [0.25, 0.3) is 11.6 Å². The Hall–Kier alpha value is -3.26. The minimum atomic E-state index is -1.03. The summed E-state index contributed by atoms with van der Waals surface area (Å²) in [6.45, 7) is 1.88. The molecule has 0 aromatic heterocycles. The van der Waals surface area contributed by atoms with Gasteiger partial charge in [-0.25, -0.2) is 4.79 Å². The van der Waals surface area contributed by atoms with E-state index in [1.54, 1.807) is 31.4 Å². The van der Waals surface area contributed by atoms with Crippen molar-refractivity contribution in [2.24, 2.45) is 0 Å². The third-order valence-electron chi connectivity index (χ3n) is 3.50. The molecule has 0 aliphatic rings. The molecule has 0 spiro atoms. The first-order chi connectivity index (χ1) is 12.4. The third-order valence-corrected chi connectivity index (χ3v) is 3.50. The third kappa shape index (κ3) is 5.12. The maximum atomic E-state index is 12.1. The molecule has 2 aromatic carbocycles. The van der Waals surface area contributed by atoms with Gasteiger partial charge >= 0.3 is 5.97 Å². The summed E-state index contributed by atoms with van der Waals surface area (Å²) in [5, 5.41) is 13.1. The van der Waals surface area contributed by atoms with Crippen LogP contribution in [0.25, 0.3) is 0 Å². The predicted octanol–water partition coefficient (Wildman–Crippen LogP) is 2.93. The molecule has 8 heteroatoms. The number of carbonyl (C=O) groups is 2. The fourth-order valence-electron chi connectivity index (χ4n) is 2.10. The molecule has 2 aromatic rings. The maximum Gasteiger partial charge on any atom is 0.338 e. The van der Waals surface area contributed by atoms with Crippen LogP contribution in [-0.4, -0.2) is 30.0 Å². The fourth-order valence-corrected chi connectivity index (χ4v) is 2.10. The monoisotopic (exact) mass is 358 g/mol. The van der Waals surface area contributed by atoms with E-state index >= 15 is 0 Å². The van der Waals surface area contributed by atoms with Crippen LogP contribution >= 0.6 is 0 Å². The molecule has 8 nitrogen and oxygen atoms in total. The van der Waals surface area contributed by atoms with Crippen molar-refractivity contribution in [1.29, 1.82) is 0 Å². The first kappa shape index (κ1) is 19.1. The standard InChI is InChI=1S/C18H18N2O6/c1-12(17(21)19-15-7-9-16(10-8-15)20(23)24)26-18(22)14-5-3-13(4-6-14)11-25-2/h3-10,12H,11H2,1-2H3,(H,19,21). The van der Waals surface area contributed by atoms with Gasteiger partial charge in [-0.1, -0.05) is 12.1 Å². The summed E-state index contributed by atoms with van der Waals surface area (Å²) in [7, 11) is 1.58. The topological polar surface area (TPSA) is 108 Å². The van der Waals surface area contributed by atoms with E-state index in [4.69, 9.17) is 9.47 Å². The summed E-state index contributed by atoms with van der Waals surface area (Å²) in [5.41, 5.74) is 1.51. The number of ether oxygens (including phenoxy) is 2. The van der Waals surface area contributed by atoms with E-state index in [0.717, 1.165) is 5.56 Å². The average molecular weight is 358 g/mol. The van der Waals surface area contributed by atoms with Crippen LogP contribution in [0, 0.1) is 10.1 Å². The Labute approximate surface area is 149 Å². The van der Waals surface area contributed by atoms with E-state index < -0.39 is 22.9 Å². The van der Waals surface area contributed by atoms with Crippen LogP contribution < -0.4 is 5.32 Å².